The van der Waals surface area contributed by atoms with Gasteiger partial charge in [-0.1, -0.05) is 41.7 Å². The molecule has 0 N–H and O–H groups in total. The van der Waals surface area contributed by atoms with Crippen molar-refractivity contribution in [3.8, 4) is 0 Å². The average molecular weight is 316 g/mol. The minimum Gasteiger partial charge on any atom is -0.302 e. The third kappa shape index (κ3) is 3.87. The molecule has 0 unspecified atom stereocenters. The van der Waals surface area contributed by atoms with Crippen LogP contribution in [-0.4, -0.2) is 29.1 Å². The molecule has 2 heterocycles. The smallest absolute Gasteiger partial charge is 0.302 e. The molecule has 3 rings (SSSR count). The topological polar surface area (TPSA) is 25.2 Å². The highest BCUT2D eigenvalue weighted by molar-refractivity contribution is 7.07. The Labute approximate surface area is 136 Å². The monoisotopic (exact) mass is 316 g/mol. The zero-order valence-corrected chi connectivity index (χ0v) is 14.0. The summed E-state index contributed by atoms with van der Waals surface area (Å²) in [6.45, 7) is 6.17. The Balaban J connectivity index is 1.45. The molecule has 0 bridgehead atoms. The molecule has 1 aromatic heterocycles. The van der Waals surface area contributed by atoms with Crippen molar-refractivity contribution in [1.29, 1.82) is 0 Å². The van der Waals surface area contributed by atoms with Gasteiger partial charge in [-0.15, -0.1) is 0 Å². The molecule has 0 saturated carbocycles. The molecule has 3 nitrogen and oxygen atoms in total. The molecule has 0 aliphatic carbocycles. The molecular weight excluding hydrogens is 292 g/mol. The average Bonchev–Trinajstić information content (AvgIpc) is 2.86. The minimum atomic E-state index is 0.177. The second kappa shape index (κ2) is 7.25. The molecule has 0 atom stereocenters. The first kappa shape index (κ1) is 15.5. The van der Waals surface area contributed by atoms with Crippen LogP contribution in [0.4, 0.5) is 0 Å². The molecule has 1 fully saturated rings. The van der Waals surface area contributed by atoms with E-state index in [0.717, 1.165) is 37.8 Å². The van der Waals surface area contributed by atoms with Crippen molar-refractivity contribution in [2.75, 3.05) is 19.6 Å². The first-order chi connectivity index (χ1) is 10.7. The van der Waals surface area contributed by atoms with Gasteiger partial charge in [-0.25, -0.2) is 0 Å². The van der Waals surface area contributed by atoms with Crippen molar-refractivity contribution < 1.29 is 0 Å². The molecule has 4 heteroatoms. The van der Waals surface area contributed by atoms with Crippen LogP contribution in [0.25, 0.3) is 0 Å². The van der Waals surface area contributed by atoms with Gasteiger partial charge in [0.05, 0.1) is 0 Å². The summed E-state index contributed by atoms with van der Waals surface area (Å²) < 4.78 is 1.90. The first-order valence-corrected chi connectivity index (χ1v) is 9.01. The third-order valence-corrected chi connectivity index (χ3v) is 5.57. The van der Waals surface area contributed by atoms with Crippen molar-refractivity contribution in [3.05, 3.63) is 56.6 Å². The normalized spacial score (nSPS) is 17.0. The fourth-order valence-electron chi connectivity index (χ4n) is 3.28. The van der Waals surface area contributed by atoms with E-state index >= 15 is 0 Å². The van der Waals surface area contributed by atoms with Crippen molar-refractivity contribution in [3.63, 3.8) is 0 Å². The fourth-order valence-corrected chi connectivity index (χ4v) is 4.04. The number of aromatic nitrogens is 1. The number of hydrogen-bond acceptors (Lipinski definition) is 3. The van der Waals surface area contributed by atoms with E-state index in [1.54, 1.807) is 0 Å². The van der Waals surface area contributed by atoms with Crippen molar-refractivity contribution in [1.82, 2.24) is 9.47 Å². The number of aryl methyl sites for hydroxylation is 1. The van der Waals surface area contributed by atoms with Crippen molar-refractivity contribution in [2.24, 2.45) is 5.92 Å². The van der Waals surface area contributed by atoms with E-state index in [4.69, 9.17) is 0 Å². The summed E-state index contributed by atoms with van der Waals surface area (Å²) in [5.41, 5.74) is 2.55. The van der Waals surface area contributed by atoms with Crippen molar-refractivity contribution in [2.45, 2.75) is 32.7 Å². The zero-order chi connectivity index (χ0) is 15.4. The number of thiazole rings is 1. The largest absolute Gasteiger partial charge is 0.307 e. The van der Waals surface area contributed by atoms with Crippen LogP contribution in [0.2, 0.25) is 0 Å². The standard InChI is InChI=1S/C18H24N2OS/c1-15-14-22-18(21)20(15)12-11-19-9-7-17(8-10-19)13-16-5-3-2-4-6-16/h2-6,14,17H,7-13H2,1H3. The Morgan fingerprint density at radius 2 is 1.86 bits per heavy atom. The highest BCUT2D eigenvalue weighted by Gasteiger charge is 2.19. The first-order valence-electron chi connectivity index (χ1n) is 8.13. The summed E-state index contributed by atoms with van der Waals surface area (Å²) in [6.07, 6.45) is 3.75. The lowest BCUT2D eigenvalue weighted by Gasteiger charge is -2.32. The second-order valence-corrected chi connectivity index (χ2v) is 7.09. The maximum atomic E-state index is 11.7. The van der Waals surface area contributed by atoms with E-state index in [0.29, 0.717) is 0 Å². The minimum absolute atomic E-state index is 0.177. The summed E-state index contributed by atoms with van der Waals surface area (Å²) in [6, 6.07) is 10.8. The van der Waals surface area contributed by atoms with Gasteiger partial charge < -0.3 is 9.47 Å². The SMILES string of the molecule is Cc1csc(=O)n1CCN1CCC(Cc2ccccc2)CC1. The Bertz CT molecular complexity index is 639. The van der Waals surface area contributed by atoms with Crippen molar-refractivity contribution >= 4 is 11.3 Å². The number of hydrogen-bond donors (Lipinski definition) is 0. The van der Waals surface area contributed by atoms with Crippen LogP contribution in [-0.2, 0) is 13.0 Å². The third-order valence-electron chi connectivity index (χ3n) is 4.69. The predicted molar refractivity (Wildman–Crippen MR) is 92.6 cm³/mol. The van der Waals surface area contributed by atoms with Gasteiger partial charge in [-0.3, -0.25) is 4.79 Å². The molecule has 0 radical (unpaired) electrons. The number of nitrogens with zero attached hydrogens (tertiary/aromatic N) is 2. The Kier molecular flexibility index (Phi) is 5.11. The number of benzene rings is 1. The van der Waals surface area contributed by atoms with E-state index in [-0.39, 0.29) is 4.87 Å². The number of rotatable bonds is 5. The summed E-state index contributed by atoms with van der Waals surface area (Å²) in [5, 5.41) is 1.95. The summed E-state index contributed by atoms with van der Waals surface area (Å²) in [5.74, 6) is 0.809. The lowest BCUT2D eigenvalue weighted by atomic mass is 9.90. The van der Waals surface area contributed by atoms with Crippen LogP contribution in [0.15, 0.2) is 40.5 Å². The van der Waals surface area contributed by atoms with Crippen LogP contribution >= 0.6 is 11.3 Å². The molecular formula is C18H24N2OS. The van der Waals surface area contributed by atoms with Gasteiger partial charge in [0.15, 0.2) is 0 Å². The van der Waals surface area contributed by atoms with Crippen LogP contribution < -0.4 is 4.87 Å². The number of likely N-dealkylation sites (tertiary alicyclic amines) is 1. The highest BCUT2D eigenvalue weighted by Crippen LogP contribution is 2.21. The molecule has 1 aliphatic heterocycles. The predicted octanol–water partition coefficient (Wildman–Crippen LogP) is 3.17. The lowest BCUT2D eigenvalue weighted by molar-refractivity contribution is 0.178. The van der Waals surface area contributed by atoms with E-state index in [2.05, 4.69) is 35.2 Å². The van der Waals surface area contributed by atoms with Crippen LogP contribution in [0.5, 0.6) is 0 Å². The van der Waals surface area contributed by atoms with Crippen LogP contribution in [0.1, 0.15) is 24.1 Å². The molecule has 22 heavy (non-hydrogen) atoms. The van der Waals surface area contributed by atoms with Gasteiger partial charge >= 0.3 is 4.87 Å². The Morgan fingerprint density at radius 1 is 1.14 bits per heavy atom. The van der Waals surface area contributed by atoms with Gasteiger partial charge in [0.1, 0.15) is 0 Å². The Hall–Kier alpha value is -1.39. The van der Waals surface area contributed by atoms with E-state index < -0.39 is 0 Å². The molecule has 1 aromatic carbocycles. The molecule has 118 valence electrons. The van der Waals surface area contributed by atoms with Gasteiger partial charge in [0.25, 0.3) is 0 Å². The van der Waals surface area contributed by atoms with Gasteiger partial charge in [-0.05, 0) is 50.8 Å². The maximum absolute atomic E-state index is 11.7. The molecule has 0 amide bonds. The molecule has 1 saturated heterocycles. The molecule has 0 spiro atoms. The lowest BCUT2D eigenvalue weighted by Crippen LogP contribution is -2.37. The van der Waals surface area contributed by atoms with Gasteiger partial charge in [0.2, 0.25) is 0 Å². The van der Waals surface area contributed by atoms with Gasteiger partial charge in [-0.2, -0.15) is 0 Å². The van der Waals surface area contributed by atoms with E-state index in [1.807, 2.05) is 16.9 Å². The summed E-state index contributed by atoms with van der Waals surface area (Å²) >= 11 is 1.31. The number of piperidine rings is 1. The highest BCUT2D eigenvalue weighted by atomic mass is 32.1. The van der Waals surface area contributed by atoms with E-state index in [9.17, 15) is 4.79 Å². The zero-order valence-electron chi connectivity index (χ0n) is 13.2. The summed E-state index contributed by atoms with van der Waals surface area (Å²) in [4.78, 5) is 14.4. The van der Waals surface area contributed by atoms with Gasteiger partial charge in [0, 0.05) is 24.2 Å². The molecule has 1 aliphatic rings. The second-order valence-electron chi connectivity index (χ2n) is 6.27. The fraction of sp³-hybridized carbons (Fsp3) is 0.500. The van der Waals surface area contributed by atoms with Crippen LogP contribution in [0, 0.1) is 12.8 Å². The molecule has 2 aromatic rings. The van der Waals surface area contributed by atoms with Crippen LogP contribution in [0.3, 0.4) is 0 Å². The summed E-state index contributed by atoms with van der Waals surface area (Å²) in [7, 11) is 0. The Morgan fingerprint density at radius 3 is 2.50 bits per heavy atom. The van der Waals surface area contributed by atoms with E-state index in [1.165, 1.54) is 36.2 Å². The quantitative estimate of drug-likeness (QED) is 0.846. The maximum Gasteiger partial charge on any atom is 0.307 e.